The second kappa shape index (κ2) is 5.63. The Bertz CT molecular complexity index is 709. The Kier molecular flexibility index (Phi) is 3.66. The van der Waals surface area contributed by atoms with Crippen LogP contribution in [0.25, 0.3) is 5.69 Å². The van der Waals surface area contributed by atoms with E-state index in [0.29, 0.717) is 18.7 Å². The van der Waals surface area contributed by atoms with Crippen molar-refractivity contribution in [1.82, 2.24) is 14.7 Å². The van der Waals surface area contributed by atoms with Crippen LogP contribution in [0.3, 0.4) is 0 Å². The number of carboxylic acids is 1. The number of hydrogen-bond donors (Lipinski definition) is 1. The van der Waals surface area contributed by atoms with Crippen LogP contribution in [0.2, 0.25) is 0 Å². The molecule has 1 aliphatic rings. The van der Waals surface area contributed by atoms with Crippen molar-refractivity contribution in [3.63, 3.8) is 0 Å². The Balaban J connectivity index is 1.82. The largest absolute Gasteiger partial charge is 0.481 e. The minimum absolute atomic E-state index is 0.207. The van der Waals surface area contributed by atoms with Gasteiger partial charge in [-0.1, -0.05) is 18.2 Å². The van der Waals surface area contributed by atoms with Crippen molar-refractivity contribution in [2.24, 2.45) is 5.92 Å². The molecule has 0 saturated carbocycles. The minimum atomic E-state index is -0.846. The molecule has 2 aromatic rings. The topological polar surface area (TPSA) is 75.4 Å². The van der Waals surface area contributed by atoms with Gasteiger partial charge < -0.3 is 10.0 Å². The Morgan fingerprint density at radius 3 is 2.64 bits per heavy atom. The zero-order chi connectivity index (χ0) is 15.7. The van der Waals surface area contributed by atoms with Crippen LogP contribution in [-0.4, -0.2) is 44.8 Å². The van der Waals surface area contributed by atoms with Gasteiger partial charge in [0.1, 0.15) is 0 Å². The standard InChI is InChI=1S/C16H17N3O3/c1-11-9-14(17-19(11)13-5-3-2-4-6-13)15(20)18-8-7-12(10-18)16(21)22/h2-6,9,12H,7-8,10H2,1H3,(H,21,22)/t12-/m0/s1. The maximum Gasteiger partial charge on any atom is 0.308 e. The number of para-hydroxylation sites is 1. The van der Waals surface area contributed by atoms with Crippen molar-refractivity contribution in [1.29, 1.82) is 0 Å². The van der Waals surface area contributed by atoms with E-state index in [1.807, 2.05) is 37.3 Å². The molecule has 3 rings (SSSR count). The van der Waals surface area contributed by atoms with Gasteiger partial charge in [-0.15, -0.1) is 0 Å². The molecule has 1 fully saturated rings. The Morgan fingerprint density at radius 2 is 2.00 bits per heavy atom. The molecule has 6 heteroatoms. The van der Waals surface area contributed by atoms with Crippen molar-refractivity contribution in [3.8, 4) is 5.69 Å². The second-order valence-electron chi connectivity index (χ2n) is 5.49. The molecule has 0 unspecified atom stereocenters. The number of benzene rings is 1. The number of amides is 1. The molecule has 1 aromatic carbocycles. The number of likely N-dealkylation sites (tertiary alicyclic amines) is 1. The Morgan fingerprint density at radius 1 is 1.27 bits per heavy atom. The average Bonchev–Trinajstić information content (AvgIpc) is 3.14. The number of aryl methyl sites for hydroxylation is 1. The summed E-state index contributed by atoms with van der Waals surface area (Å²) in [6.07, 6.45) is 0.499. The van der Waals surface area contributed by atoms with Gasteiger partial charge in [-0.2, -0.15) is 5.10 Å². The third-order valence-corrected chi connectivity index (χ3v) is 3.93. The van der Waals surface area contributed by atoms with Crippen molar-refractivity contribution in [2.75, 3.05) is 13.1 Å². The van der Waals surface area contributed by atoms with Gasteiger partial charge in [-0.3, -0.25) is 9.59 Å². The van der Waals surface area contributed by atoms with Gasteiger partial charge in [0.2, 0.25) is 0 Å². The van der Waals surface area contributed by atoms with Crippen molar-refractivity contribution < 1.29 is 14.7 Å². The van der Waals surface area contributed by atoms with Crippen molar-refractivity contribution >= 4 is 11.9 Å². The first kappa shape index (κ1) is 14.3. The molecule has 0 spiro atoms. The van der Waals surface area contributed by atoms with Crippen LogP contribution < -0.4 is 0 Å². The molecule has 1 aromatic heterocycles. The summed E-state index contributed by atoms with van der Waals surface area (Å²) in [5.74, 6) is -1.52. The number of hydrogen-bond acceptors (Lipinski definition) is 3. The van der Waals surface area contributed by atoms with Crippen molar-refractivity contribution in [2.45, 2.75) is 13.3 Å². The number of nitrogens with zero attached hydrogens (tertiary/aromatic N) is 3. The summed E-state index contributed by atoms with van der Waals surface area (Å²) in [5.41, 5.74) is 2.11. The van der Waals surface area contributed by atoms with Crippen molar-refractivity contribution in [3.05, 3.63) is 47.8 Å². The van der Waals surface area contributed by atoms with Crippen LogP contribution in [0.5, 0.6) is 0 Å². The quantitative estimate of drug-likeness (QED) is 0.936. The lowest BCUT2D eigenvalue weighted by Gasteiger charge is -2.13. The fourth-order valence-corrected chi connectivity index (χ4v) is 2.72. The molecule has 22 heavy (non-hydrogen) atoms. The summed E-state index contributed by atoms with van der Waals surface area (Å²) in [4.78, 5) is 25.0. The first-order valence-electron chi connectivity index (χ1n) is 7.20. The van der Waals surface area contributed by atoms with Gasteiger partial charge in [0, 0.05) is 18.8 Å². The lowest BCUT2D eigenvalue weighted by atomic mass is 10.1. The summed E-state index contributed by atoms with van der Waals surface area (Å²) in [7, 11) is 0. The Hall–Kier alpha value is -2.63. The van der Waals surface area contributed by atoms with Crippen LogP contribution >= 0.6 is 0 Å². The molecule has 2 heterocycles. The van der Waals surface area contributed by atoms with Gasteiger partial charge in [0.15, 0.2) is 5.69 Å². The van der Waals surface area contributed by atoms with Gasteiger partial charge in [-0.25, -0.2) is 4.68 Å². The van der Waals surface area contributed by atoms with E-state index in [1.54, 1.807) is 15.6 Å². The zero-order valence-corrected chi connectivity index (χ0v) is 12.3. The highest BCUT2D eigenvalue weighted by atomic mass is 16.4. The average molecular weight is 299 g/mol. The highest BCUT2D eigenvalue weighted by Crippen LogP contribution is 2.20. The summed E-state index contributed by atoms with van der Waals surface area (Å²) in [6, 6.07) is 11.3. The second-order valence-corrected chi connectivity index (χ2v) is 5.49. The maximum atomic E-state index is 12.5. The summed E-state index contributed by atoms with van der Waals surface area (Å²) >= 11 is 0. The molecular weight excluding hydrogens is 282 g/mol. The fourth-order valence-electron chi connectivity index (χ4n) is 2.72. The normalized spacial score (nSPS) is 17.7. The maximum absolute atomic E-state index is 12.5. The third kappa shape index (κ3) is 2.59. The van der Waals surface area contributed by atoms with Gasteiger partial charge in [-0.05, 0) is 31.5 Å². The highest BCUT2D eigenvalue weighted by Gasteiger charge is 2.32. The molecule has 0 aliphatic carbocycles. The van der Waals surface area contributed by atoms with Gasteiger partial charge >= 0.3 is 5.97 Å². The van der Waals surface area contributed by atoms with Crippen LogP contribution in [0.15, 0.2) is 36.4 Å². The lowest BCUT2D eigenvalue weighted by molar-refractivity contribution is -0.141. The van der Waals surface area contributed by atoms with Gasteiger partial charge in [0.25, 0.3) is 5.91 Å². The number of aliphatic carboxylic acids is 1. The first-order valence-corrected chi connectivity index (χ1v) is 7.20. The van der Waals surface area contributed by atoms with Crippen LogP contribution in [0.4, 0.5) is 0 Å². The number of carbonyl (C=O) groups excluding carboxylic acids is 1. The number of rotatable bonds is 3. The minimum Gasteiger partial charge on any atom is -0.481 e. The zero-order valence-electron chi connectivity index (χ0n) is 12.3. The van der Waals surface area contributed by atoms with Crippen LogP contribution in [0, 0.1) is 12.8 Å². The predicted octanol–water partition coefficient (Wildman–Crippen LogP) is 1.73. The molecule has 0 bridgehead atoms. The molecule has 1 saturated heterocycles. The van der Waals surface area contributed by atoms with E-state index in [9.17, 15) is 9.59 Å². The summed E-state index contributed by atoms with van der Waals surface area (Å²) in [6.45, 7) is 2.61. The van der Waals surface area contributed by atoms with E-state index in [-0.39, 0.29) is 12.5 Å². The van der Waals surface area contributed by atoms with E-state index in [0.717, 1.165) is 11.4 Å². The number of carbonyl (C=O) groups is 2. The van der Waals surface area contributed by atoms with E-state index < -0.39 is 11.9 Å². The summed E-state index contributed by atoms with van der Waals surface area (Å²) in [5, 5.41) is 13.4. The van der Waals surface area contributed by atoms with E-state index in [2.05, 4.69) is 5.10 Å². The monoisotopic (exact) mass is 299 g/mol. The number of aromatic nitrogens is 2. The van der Waals surface area contributed by atoms with Gasteiger partial charge in [0.05, 0.1) is 11.6 Å². The van der Waals surface area contributed by atoms with Crippen LogP contribution in [0.1, 0.15) is 22.6 Å². The molecular formula is C16H17N3O3. The first-order chi connectivity index (χ1) is 10.6. The molecule has 1 amide bonds. The molecule has 6 nitrogen and oxygen atoms in total. The molecule has 1 aliphatic heterocycles. The van der Waals surface area contributed by atoms with E-state index in [4.69, 9.17) is 5.11 Å². The fraction of sp³-hybridized carbons (Fsp3) is 0.312. The van der Waals surface area contributed by atoms with E-state index >= 15 is 0 Å². The molecule has 0 radical (unpaired) electrons. The smallest absolute Gasteiger partial charge is 0.308 e. The SMILES string of the molecule is Cc1cc(C(=O)N2CC[C@H](C(=O)O)C2)nn1-c1ccccc1. The summed E-state index contributed by atoms with van der Waals surface area (Å²) < 4.78 is 1.72. The lowest BCUT2D eigenvalue weighted by Crippen LogP contribution is -2.30. The predicted molar refractivity (Wildman–Crippen MR) is 79.9 cm³/mol. The van der Waals surface area contributed by atoms with E-state index in [1.165, 1.54) is 0 Å². The molecule has 1 N–H and O–H groups in total. The molecule has 114 valence electrons. The molecule has 1 atom stereocenters. The Labute approximate surface area is 128 Å². The van der Waals surface area contributed by atoms with Crippen LogP contribution in [-0.2, 0) is 4.79 Å². The third-order valence-electron chi connectivity index (χ3n) is 3.93. The highest BCUT2D eigenvalue weighted by molar-refractivity contribution is 5.93. The number of carboxylic acid groups (broad SMARTS) is 1.